The molecule has 0 bridgehead atoms. The summed E-state index contributed by atoms with van der Waals surface area (Å²) in [5.74, 6) is 0.633. The average Bonchev–Trinajstić information content (AvgIpc) is 3.25. The van der Waals surface area contributed by atoms with Crippen LogP contribution in [-0.2, 0) is 16.0 Å². The Bertz CT molecular complexity index is 1010. The molecule has 2 amide bonds. The van der Waals surface area contributed by atoms with E-state index in [1.54, 1.807) is 30.5 Å². The fourth-order valence-corrected chi connectivity index (χ4v) is 2.39. The van der Waals surface area contributed by atoms with Gasteiger partial charge in [-0.3, -0.25) is 20.4 Å². The van der Waals surface area contributed by atoms with Crippen LogP contribution >= 0.6 is 0 Å². The first kappa shape index (κ1) is 19.6. The summed E-state index contributed by atoms with van der Waals surface area (Å²) < 4.78 is 10.9. The number of nitrogens with zero attached hydrogens (tertiary/aromatic N) is 2. The van der Waals surface area contributed by atoms with Crippen LogP contribution in [0.2, 0.25) is 0 Å². The Labute approximate surface area is 167 Å². The Hall–Kier alpha value is -4.12. The third kappa shape index (κ3) is 5.94. The Balaban J connectivity index is 1.37. The van der Waals surface area contributed by atoms with Crippen molar-refractivity contribution in [3.8, 4) is 23.1 Å². The number of benzene rings is 2. The second kappa shape index (κ2) is 9.71. The smallest absolute Gasteiger partial charge is 0.276 e. The Morgan fingerprint density at radius 3 is 2.48 bits per heavy atom. The maximum Gasteiger partial charge on any atom is 0.276 e. The minimum absolute atomic E-state index is 0.103. The van der Waals surface area contributed by atoms with E-state index in [1.165, 1.54) is 0 Å². The maximum absolute atomic E-state index is 11.9. The fraction of sp³-hybridized carbons (Fsp3) is 0.143. The lowest BCUT2D eigenvalue weighted by molar-refractivity contribution is -0.130. The third-order valence-electron chi connectivity index (χ3n) is 3.87. The van der Waals surface area contributed by atoms with Crippen LogP contribution in [0.3, 0.4) is 0 Å². The number of nitriles is 1. The number of hydrazine groups is 1. The highest BCUT2D eigenvalue weighted by atomic mass is 16.5. The molecule has 0 saturated carbocycles. The van der Waals surface area contributed by atoms with Crippen LogP contribution in [-0.4, -0.2) is 23.4 Å². The molecular formula is C21H18N4O4. The summed E-state index contributed by atoms with van der Waals surface area (Å²) >= 11 is 0. The van der Waals surface area contributed by atoms with Gasteiger partial charge in [0, 0.05) is 18.4 Å². The predicted octanol–water partition coefficient (Wildman–Crippen LogP) is 2.37. The molecule has 3 aromatic rings. The standard InChI is InChI=1S/C21H18N4O4/c22-12-15-6-8-17(9-7-15)28-14-20(27)25-24-19(26)10-11-21-23-13-18(29-21)16-4-2-1-3-5-16/h1-9,13H,10-11,14H2,(H,24,26)(H,25,27). The molecule has 0 aliphatic carbocycles. The van der Waals surface area contributed by atoms with Gasteiger partial charge >= 0.3 is 0 Å². The molecule has 0 aliphatic rings. The molecule has 1 aromatic heterocycles. The first-order valence-electron chi connectivity index (χ1n) is 8.85. The zero-order valence-corrected chi connectivity index (χ0v) is 15.4. The van der Waals surface area contributed by atoms with E-state index in [2.05, 4.69) is 15.8 Å². The molecule has 29 heavy (non-hydrogen) atoms. The van der Waals surface area contributed by atoms with Crippen LogP contribution in [0.5, 0.6) is 5.75 Å². The number of hydrogen-bond donors (Lipinski definition) is 2. The van der Waals surface area contributed by atoms with Crippen LogP contribution in [0.15, 0.2) is 65.2 Å². The van der Waals surface area contributed by atoms with Gasteiger partial charge in [-0.25, -0.2) is 4.98 Å². The van der Waals surface area contributed by atoms with Crippen LogP contribution in [0.1, 0.15) is 17.9 Å². The summed E-state index contributed by atoms with van der Waals surface area (Å²) in [6, 6.07) is 17.9. The lowest BCUT2D eigenvalue weighted by atomic mass is 10.2. The van der Waals surface area contributed by atoms with Crippen molar-refractivity contribution in [3.63, 3.8) is 0 Å². The normalized spacial score (nSPS) is 10.0. The van der Waals surface area contributed by atoms with E-state index >= 15 is 0 Å². The summed E-state index contributed by atoms with van der Waals surface area (Å²) in [7, 11) is 0. The van der Waals surface area contributed by atoms with E-state index < -0.39 is 5.91 Å². The molecule has 0 unspecified atom stereocenters. The van der Waals surface area contributed by atoms with E-state index in [-0.39, 0.29) is 18.9 Å². The lowest BCUT2D eigenvalue weighted by Gasteiger charge is -2.08. The van der Waals surface area contributed by atoms with E-state index in [9.17, 15) is 9.59 Å². The van der Waals surface area contributed by atoms with Gasteiger partial charge in [-0.1, -0.05) is 30.3 Å². The van der Waals surface area contributed by atoms with E-state index in [0.717, 1.165) is 5.56 Å². The number of aryl methyl sites for hydroxylation is 1. The van der Waals surface area contributed by atoms with Crippen LogP contribution in [0, 0.1) is 11.3 Å². The van der Waals surface area contributed by atoms with Gasteiger partial charge in [0.15, 0.2) is 18.3 Å². The summed E-state index contributed by atoms with van der Waals surface area (Å²) in [4.78, 5) is 27.8. The average molecular weight is 390 g/mol. The lowest BCUT2D eigenvalue weighted by Crippen LogP contribution is -2.43. The molecule has 1 heterocycles. The Morgan fingerprint density at radius 1 is 1.03 bits per heavy atom. The molecule has 2 N–H and O–H groups in total. The molecule has 2 aromatic carbocycles. The first-order chi connectivity index (χ1) is 14.1. The molecule has 0 saturated heterocycles. The molecule has 0 spiro atoms. The molecule has 0 aliphatic heterocycles. The van der Waals surface area contributed by atoms with Gasteiger partial charge in [0.25, 0.3) is 5.91 Å². The Kier molecular flexibility index (Phi) is 6.58. The van der Waals surface area contributed by atoms with Gasteiger partial charge in [-0.05, 0) is 24.3 Å². The number of ether oxygens (including phenoxy) is 1. The van der Waals surface area contributed by atoms with Crippen LogP contribution in [0.4, 0.5) is 0 Å². The minimum atomic E-state index is -0.509. The molecule has 8 nitrogen and oxygen atoms in total. The van der Waals surface area contributed by atoms with Gasteiger partial charge < -0.3 is 9.15 Å². The van der Waals surface area contributed by atoms with E-state index in [4.69, 9.17) is 14.4 Å². The van der Waals surface area contributed by atoms with Crippen LogP contribution in [0.25, 0.3) is 11.3 Å². The zero-order chi connectivity index (χ0) is 20.5. The minimum Gasteiger partial charge on any atom is -0.484 e. The van der Waals surface area contributed by atoms with Gasteiger partial charge in [0.1, 0.15) is 5.75 Å². The number of oxazole rings is 1. The third-order valence-corrected chi connectivity index (χ3v) is 3.87. The van der Waals surface area contributed by atoms with Gasteiger partial charge in [-0.2, -0.15) is 5.26 Å². The number of rotatable bonds is 7. The van der Waals surface area contributed by atoms with Crippen molar-refractivity contribution >= 4 is 11.8 Å². The van der Waals surface area contributed by atoms with Gasteiger partial charge in [-0.15, -0.1) is 0 Å². The number of carbonyl (C=O) groups is 2. The van der Waals surface area contributed by atoms with Gasteiger partial charge in [0.2, 0.25) is 5.91 Å². The molecule has 0 radical (unpaired) electrons. The highest BCUT2D eigenvalue weighted by Gasteiger charge is 2.10. The fourth-order valence-electron chi connectivity index (χ4n) is 2.39. The number of amides is 2. The van der Waals surface area contributed by atoms with Crippen molar-refractivity contribution in [2.75, 3.05) is 6.61 Å². The van der Waals surface area contributed by atoms with Crippen molar-refractivity contribution in [3.05, 3.63) is 72.2 Å². The number of nitrogens with one attached hydrogen (secondary N) is 2. The zero-order valence-electron chi connectivity index (χ0n) is 15.4. The van der Waals surface area contributed by atoms with Crippen molar-refractivity contribution in [1.29, 1.82) is 5.26 Å². The molecule has 0 atom stereocenters. The summed E-state index contributed by atoms with van der Waals surface area (Å²) in [5, 5.41) is 8.73. The molecule has 0 fully saturated rings. The van der Waals surface area contributed by atoms with Crippen molar-refractivity contribution in [1.82, 2.24) is 15.8 Å². The number of hydrogen-bond acceptors (Lipinski definition) is 6. The van der Waals surface area contributed by atoms with E-state index in [0.29, 0.717) is 29.4 Å². The summed E-state index contributed by atoms with van der Waals surface area (Å²) in [6.45, 7) is -0.271. The molecule has 146 valence electrons. The molecular weight excluding hydrogens is 372 g/mol. The largest absolute Gasteiger partial charge is 0.484 e. The molecule has 8 heteroatoms. The van der Waals surface area contributed by atoms with Crippen molar-refractivity contribution in [2.24, 2.45) is 0 Å². The molecule has 3 rings (SSSR count). The predicted molar refractivity (Wildman–Crippen MR) is 103 cm³/mol. The monoisotopic (exact) mass is 390 g/mol. The van der Waals surface area contributed by atoms with Crippen molar-refractivity contribution < 1.29 is 18.7 Å². The van der Waals surface area contributed by atoms with Crippen LogP contribution < -0.4 is 15.6 Å². The SMILES string of the molecule is N#Cc1ccc(OCC(=O)NNC(=O)CCc2ncc(-c3ccccc3)o2)cc1. The number of carbonyl (C=O) groups excluding carboxylic acids is 2. The first-order valence-corrected chi connectivity index (χ1v) is 8.85. The highest BCUT2D eigenvalue weighted by Crippen LogP contribution is 2.20. The topological polar surface area (TPSA) is 117 Å². The van der Waals surface area contributed by atoms with E-state index in [1.807, 2.05) is 36.4 Å². The highest BCUT2D eigenvalue weighted by molar-refractivity contribution is 5.82. The van der Waals surface area contributed by atoms with Crippen molar-refractivity contribution in [2.45, 2.75) is 12.8 Å². The van der Waals surface area contributed by atoms with Gasteiger partial charge in [0.05, 0.1) is 17.8 Å². The summed E-state index contributed by atoms with van der Waals surface area (Å²) in [5.41, 5.74) is 5.99. The quantitative estimate of drug-likeness (QED) is 0.598. The maximum atomic E-state index is 11.9. The summed E-state index contributed by atoms with van der Waals surface area (Å²) in [6.07, 6.45) is 2.02. The Morgan fingerprint density at radius 2 is 1.76 bits per heavy atom. The second-order valence-corrected chi connectivity index (χ2v) is 6.01. The number of aromatic nitrogens is 1. The second-order valence-electron chi connectivity index (χ2n) is 6.01.